The molecule has 0 aliphatic rings. The van der Waals surface area contributed by atoms with Crippen molar-refractivity contribution >= 4 is 22.5 Å². The lowest BCUT2D eigenvalue weighted by atomic mass is 10.1. The zero-order chi connectivity index (χ0) is 24.7. The number of rotatable bonds is 4. The molecular weight excluding hydrogens is 466 g/mol. The van der Waals surface area contributed by atoms with Crippen LogP contribution in [0.2, 0.25) is 0 Å². The van der Waals surface area contributed by atoms with E-state index in [-0.39, 0.29) is 39.9 Å². The summed E-state index contributed by atoms with van der Waals surface area (Å²) in [7, 11) is 0. The molecule has 0 fully saturated rings. The van der Waals surface area contributed by atoms with Crippen LogP contribution in [0.4, 0.5) is 17.6 Å². The molecular formula is C24H15F4N5O2. The summed E-state index contributed by atoms with van der Waals surface area (Å²) in [6, 6.07) is 14.8. The molecule has 0 saturated heterocycles. The van der Waals surface area contributed by atoms with Crippen LogP contribution in [0, 0.1) is 5.82 Å². The maximum atomic E-state index is 13.8. The molecule has 0 bridgehead atoms. The number of carbonyl (C=O) groups excluding carboxylic acids is 1. The molecule has 3 aromatic carbocycles. The van der Waals surface area contributed by atoms with Crippen LogP contribution in [0.1, 0.15) is 21.5 Å². The maximum Gasteiger partial charge on any atom is 0.416 e. The van der Waals surface area contributed by atoms with Crippen LogP contribution in [0.25, 0.3) is 27.8 Å². The number of hydrogen-bond acceptors (Lipinski definition) is 4. The van der Waals surface area contributed by atoms with Gasteiger partial charge in [-0.15, -0.1) is 0 Å². The van der Waals surface area contributed by atoms with E-state index < -0.39 is 29.0 Å². The van der Waals surface area contributed by atoms with Gasteiger partial charge in [0.2, 0.25) is 0 Å². The molecule has 0 spiro atoms. The van der Waals surface area contributed by atoms with E-state index in [9.17, 15) is 27.2 Å². The Kier molecular flexibility index (Phi) is 5.31. The zero-order valence-corrected chi connectivity index (χ0v) is 17.7. The Morgan fingerprint density at radius 3 is 2.60 bits per heavy atom. The standard InChI is InChI=1S/C24H15F4N5O2/c25-18-7-2-1-4-15(18)12-29-22(34)14-8-9-17-19(11-14)33-21(30-23(17)35)20(31-32-33)13-5-3-6-16(10-13)24(26,27)28/h1-11,32H,12H2,(H,29,34). The van der Waals surface area contributed by atoms with Crippen molar-refractivity contribution in [1.82, 2.24) is 25.1 Å². The first-order valence-electron chi connectivity index (χ1n) is 10.3. The zero-order valence-electron chi connectivity index (χ0n) is 17.7. The Balaban J connectivity index is 1.55. The number of fused-ring (bicyclic) bond motifs is 3. The summed E-state index contributed by atoms with van der Waals surface area (Å²) in [5.41, 5.74) is -0.587. The predicted molar refractivity (Wildman–Crippen MR) is 119 cm³/mol. The van der Waals surface area contributed by atoms with Crippen LogP contribution in [-0.4, -0.2) is 25.7 Å². The first-order valence-corrected chi connectivity index (χ1v) is 10.3. The van der Waals surface area contributed by atoms with E-state index in [1.54, 1.807) is 18.2 Å². The van der Waals surface area contributed by atoms with E-state index in [0.717, 1.165) is 12.1 Å². The number of amides is 1. The third-order valence-corrected chi connectivity index (χ3v) is 5.48. The fraction of sp³-hybridized carbons (Fsp3) is 0.0833. The number of alkyl halides is 3. The number of benzene rings is 3. The van der Waals surface area contributed by atoms with Crippen molar-refractivity contribution in [2.24, 2.45) is 0 Å². The highest BCUT2D eigenvalue weighted by molar-refractivity contribution is 5.98. The normalized spacial score (nSPS) is 11.8. The van der Waals surface area contributed by atoms with Crippen LogP contribution in [0.5, 0.6) is 0 Å². The van der Waals surface area contributed by atoms with Gasteiger partial charge < -0.3 is 5.32 Å². The lowest BCUT2D eigenvalue weighted by Gasteiger charge is -2.08. The highest BCUT2D eigenvalue weighted by Gasteiger charge is 2.31. The lowest BCUT2D eigenvalue weighted by Crippen LogP contribution is -2.23. The second-order valence-electron chi connectivity index (χ2n) is 7.72. The van der Waals surface area contributed by atoms with E-state index in [1.165, 1.54) is 40.9 Å². The van der Waals surface area contributed by atoms with Crippen LogP contribution in [0.3, 0.4) is 0 Å². The molecule has 0 radical (unpaired) electrons. The number of carbonyl (C=O) groups is 1. The molecule has 11 heteroatoms. The quantitative estimate of drug-likeness (QED) is 0.374. The molecule has 0 atom stereocenters. The minimum atomic E-state index is -4.55. The van der Waals surface area contributed by atoms with Gasteiger partial charge in [-0.25, -0.2) is 14.1 Å². The minimum absolute atomic E-state index is 0.00531. The van der Waals surface area contributed by atoms with E-state index in [4.69, 9.17) is 0 Å². The van der Waals surface area contributed by atoms with Gasteiger partial charge in [0.25, 0.3) is 11.5 Å². The molecule has 0 aliphatic carbocycles. The molecule has 1 amide bonds. The summed E-state index contributed by atoms with van der Waals surface area (Å²) < 4.78 is 54.6. The molecule has 176 valence electrons. The van der Waals surface area contributed by atoms with Crippen molar-refractivity contribution in [3.8, 4) is 11.3 Å². The molecule has 0 saturated carbocycles. The van der Waals surface area contributed by atoms with Crippen molar-refractivity contribution in [3.05, 3.63) is 99.6 Å². The van der Waals surface area contributed by atoms with Gasteiger partial charge in [0.15, 0.2) is 5.65 Å². The van der Waals surface area contributed by atoms with E-state index in [1.807, 2.05) is 0 Å². The molecule has 7 nitrogen and oxygen atoms in total. The second-order valence-corrected chi connectivity index (χ2v) is 7.72. The van der Waals surface area contributed by atoms with Crippen molar-refractivity contribution in [1.29, 1.82) is 0 Å². The summed E-state index contributed by atoms with van der Waals surface area (Å²) in [6.07, 6.45) is -4.55. The van der Waals surface area contributed by atoms with Crippen molar-refractivity contribution in [3.63, 3.8) is 0 Å². The monoisotopic (exact) mass is 481 g/mol. The molecule has 5 rings (SSSR count). The van der Waals surface area contributed by atoms with E-state index >= 15 is 0 Å². The number of halogens is 4. The fourth-order valence-corrected chi connectivity index (χ4v) is 3.73. The Morgan fingerprint density at radius 1 is 1.03 bits per heavy atom. The van der Waals surface area contributed by atoms with Crippen molar-refractivity contribution < 1.29 is 22.4 Å². The number of aromatic nitrogens is 4. The lowest BCUT2D eigenvalue weighted by molar-refractivity contribution is -0.137. The third kappa shape index (κ3) is 4.12. The van der Waals surface area contributed by atoms with E-state index in [0.29, 0.717) is 5.56 Å². The molecule has 0 aliphatic heterocycles. The van der Waals surface area contributed by atoms with Crippen molar-refractivity contribution in [2.75, 3.05) is 0 Å². The Morgan fingerprint density at radius 2 is 1.83 bits per heavy atom. The van der Waals surface area contributed by atoms with Crippen LogP contribution in [-0.2, 0) is 12.7 Å². The summed E-state index contributed by atoms with van der Waals surface area (Å²) in [5.74, 6) is -0.962. The summed E-state index contributed by atoms with van der Waals surface area (Å²) in [5, 5.41) is 9.51. The largest absolute Gasteiger partial charge is 0.416 e. The topological polar surface area (TPSA) is 92.2 Å². The first kappa shape index (κ1) is 22.3. The summed E-state index contributed by atoms with van der Waals surface area (Å²) >= 11 is 0. The van der Waals surface area contributed by atoms with Crippen LogP contribution < -0.4 is 10.9 Å². The molecule has 2 heterocycles. The van der Waals surface area contributed by atoms with Gasteiger partial charge in [-0.3, -0.25) is 9.59 Å². The molecule has 2 aromatic heterocycles. The Hall–Kier alpha value is -4.54. The SMILES string of the molecule is O=C(NCc1ccccc1F)c1ccc2c(=O)nc3c(-c4cccc(C(F)(F)F)c4)n[nH]n3c2c1. The average molecular weight is 481 g/mol. The van der Waals surface area contributed by atoms with E-state index in [2.05, 4.69) is 20.6 Å². The van der Waals surface area contributed by atoms with Crippen LogP contribution >= 0.6 is 0 Å². The van der Waals surface area contributed by atoms with Gasteiger partial charge in [0.05, 0.1) is 16.5 Å². The summed E-state index contributed by atoms with van der Waals surface area (Å²) in [6.45, 7) is -0.0427. The molecule has 2 N–H and O–H groups in total. The van der Waals surface area contributed by atoms with Gasteiger partial charge in [-0.05, 0) is 36.4 Å². The van der Waals surface area contributed by atoms with Gasteiger partial charge in [0.1, 0.15) is 11.5 Å². The molecule has 0 unspecified atom stereocenters. The number of hydrogen-bond donors (Lipinski definition) is 2. The summed E-state index contributed by atoms with van der Waals surface area (Å²) in [4.78, 5) is 29.3. The maximum absolute atomic E-state index is 13.8. The molecule has 5 aromatic rings. The fourth-order valence-electron chi connectivity index (χ4n) is 3.73. The predicted octanol–water partition coefficient (Wildman–Crippen LogP) is 4.33. The Labute approximate surface area is 194 Å². The highest BCUT2D eigenvalue weighted by atomic mass is 19.4. The second kappa shape index (κ2) is 8.35. The van der Waals surface area contributed by atoms with Gasteiger partial charge in [-0.1, -0.05) is 30.3 Å². The third-order valence-electron chi connectivity index (χ3n) is 5.48. The number of nitrogens with one attached hydrogen (secondary N) is 2. The number of H-pyrrole nitrogens is 1. The number of aromatic amines is 1. The van der Waals surface area contributed by atoms with Gasteiger partial charge in [-0.2, -0.15) is 23.3 Å². The smallest absolute Gasteiger partial charge is 0.348 e. The van der Waals surface area contributed by atoms with Gasteiger partial charge in [0, 0.05) is 23.2 Å². The minimum Gasteiger partial charge on any atom is -0.348 e. The molecule has 35 heavy (non-hydrogen) atoms. The number of nitrogens with zero attached hydrogens (tertiary/aromatic N) is 3. The van der Waals surface area contributed by atoms with Crippen molar-refractivity contribution in [2.45, 2.75) is 12.7 Å². The first-order chi connectivity index (χ1) is 16.7. The Bertz CT molecular complexity index is 1660. The van der Waals surface area contributed by atoms with Gasteiger partial charge >= 0.3 is 6.18 Å². The highest BCUT2D eigenvalue weighted by Crippen LogP contribution is 2.32. The van der Waals surface area contributed by atoms with Crippen LogP contribution in [0.15, 0.2) is 71.5 Å². The average Bonchev–Trinajstić information content (AvgIpc) is 3.26.